The number of amides is 3. The van der Waals surface area contributed by atoms with Gasteiger partial charge in [-0.2, -0.15) is 0 Å². The van der Waals surface area contributed by atoms with Crippen LogP contribution in [0, 0.1) is 5.92 Å². The molecular formula is C19H28N4O2. The van der Waals surface area contributed by atoms with E-state index >= 15 is 0 Å². The van der Waals surface area contributed by atoms with Crippen LogP contribution in [-0.4, -0.2) is 72.5 Å². The number of carbonyl (C=O) groups excluding carboxylic acids is 2. The van der Waals surface area contributed by atoms with Crippen molar-refractivity contribution in [2.45, 2.75) is 19.8 Å². The number of hydrogen-bond donors (Lipinski definition) is 1. The van der Waals surface area contributed by atoms with Crippen molar-refractivity contribution >= 4 is 17.6 Å². The Morgan fingerprint density at radius 3 is 2.40 bits per heavy atom. The first-order valence-electron chi connectivity index (χ1n) is 9.23. The van der Waals surface area contributed by atoms with Crippen LogP contribution in [0.15, 0.2) is 30.3 Å². The summed E-state index contributed by atoms with van der Waals surface area (Å²) in [6, 6.07) is 9.36. The fourth-order valence-corrected chi connectivity index (χ4v) is 3.60. The molecule has 2 aliphatic heterocycles. The van der Waals surface area contributed by atoms with E-state index in [1.807, 2.05) is 35.2 Å². The maximum Gasteiger partial charge on any atom is 0.321 e. The lowest BCUT2D eigenvalue weighted by Gasteiger charge is -2.37. The minimum Gasteiger partial charge on any atom is -0.338 e. The third-order valence-corrected chi connectivity index (χ3v) is 5.04. The van der Waals surface area contributed by atoms with Gasteiger partial charge in [0.25, 0.3) is 0 Å². The molecule has 0 saturated carbocycles. The highest BCUT2D eigenvalue weighted by Crippen LogP contribution is 2.15. The Balaban J connectivity index is 1.43. The molecule has 6 nitrogen and oxygen atoms in total. The van der Waals surface area contributed by atoms with Gasteiger partial charge in [0.1, 0.15) is 0 Å². The number of carbonyl (C=O) groups is 2. The van der Waals surface area contributed by atoms with E-state index in [-0.39, 0.29) is 11.9 Å². The van der Waals surface area contributed by atoms with Crippen molar-refractivity contribution in [1.82, 2.24) is 14.7 Å². The number of nitrogens with one attached hydrogen (secondary N) is 1. The lowest BCUT2D eigenvalue weighted by atomic mass is 10.0. The molecule has 2 aliphatic rings. The number of nitrogens with zero attached hydrogens (tertiary/aromatic N) is 3. The second-order valence-electron chi connectivity index (χ2n) is 7.15. The van der Waals surface area contributed by atoms with E-state index in [1.54, 1.807) is 4.90 Å². The predicted octanol–water partition coefficient (Wildman–Crippen LogP) is 2.09. The van der Waals surface area contributed by atoms with Crippen molar-refractivity contribution in [1.29, 1.82) is 0 Å². The van der Waals surface area contributed by atoms with Crippen molar-refractivity contribution in [3.63, 3.8) is 0 Å². The van der Waals surface area contributed by atoms with Gasteiger partial charge in [-0.15, -0.1) is 0 Å². The maximum absolute atomic E-state index is 12.5. The number of para-hydroxylation sites is 1. The Kier molecular flexibility index (Phi) is 5.91. The molecule has 0 aromatic heterocycles. The van der Waals surface area contributed by atoms with Gasteiger partial charge in [0.05, 0.1) is 6.54 Å². The quantitative estimate of drug-likeness (QED) is 0.913. The predicted molar refractivity (Wildman–Crippen MR) is 98.5 cm³/mol. The number of anilines is 1. The zero-order chi connectivity index (χ0) is 17.6. The highest BCUT2D eigenvalue weighted by atomic mass is 16.2. The summed E-state index contributed by atoms with van der Waals surface area (Å²) in [6.07, 6.45) is 2.45. The summed E-state index contributed by atoms with van der Waals surface area (Å²) in [4.78, 5) is 30.7. The van der Waals surface area contributed by atoms with Crippen molar-refractivity contribution in [3.8, 4) is 0 Å². The molecule has 1 aromatic carbocycles. The molecule has 0 radical (unpaired) electrons. The number of piperidine rings is 1. The van der Waals surface area contributed by atoms with Gasteiger partial charge in [0.15, 0.2) is 0 Å². The van der Waals surface area contributed by atoms with Crippen molar-refractivity contribution in [2.75, 3.05) is 51.1 Å². The zero-order valence-corrected chi connectivity index (χ0v) is 15.0. The monoisotopic (exact) mass is 344 g/mol. The number of benzene rings is 1. The van der Waals surface area contributed by atoms with Crippen molar-refractivity contribution in [2.24, 2.45) is 5.92 Å². The van der Waals surface area contributed by atoms with E-state index in [9.17, 15) is 9.59 Å². The summed E-state index contributed by atoms with van der Waals surface area (Å²) >= 11 is 0. The number of urea groups is 1. The topological polar surface area (TPSA) is 55.9 Å². The summed E-state index contributed by atoms with van der Waals surface area (Å²) in [5, 5.41) is 2.90. The average Bonchev–Trinajstić information content (AvgIpc) is 2.62. The molecule has 3 amide bonds. The largest absolute Gasteiger partial charge is 0.338 e. The van der Waals surface area contributed by atoms with Crippen molar-refractivity contribution < 1.29 is 9.59 Å². The molecule has 136 valence electrons. The molecule has 1 unspecified atom stereocenters. The summed E-state index contributed by atoms with van der Waals surface area (Å²) in [6.45, 7) is 7.21. The Labute approximate surface area is 149 Å². The van der Waals surface area contributed by atoms with Crippen LogP contribution in [0.1, 0.15) is 19.8 Å². The average molecular weight is 344 g/mol. The van der Waals surface area contributed by atoms with E-state index in [0.717, 1.165) is 18.8 Å². The first kappa shape index (κ1) is 17.7. The molecule has 2 heterocycles. The lowest BCUT2D eigenvalue weighted by Crippen LogP contribution is -2.54. The van der Waals surface area contributed by atoms with Gasteiger partial charge in [0.2, 0.25) is 5.91 Å². The normalized spacial score (nSPS) is 21.9. The Morgan fingerprint density at radius 2 is 1.72 bits per heavy atom. The first-order chi connectivity index (χ1) is 12.1. The number of hydrogen-bond acceptors (Lipinski definition) is 3. The third kappa shape index (κ3) is 4.95. The van der Waals surface area contributed by atoms with Crippen LogP contribution in [0.3, 0.4) is 0 Å². The molecule has 3 rings (SSSR count). The minimum absolute atomic E-state index is 0.0943. The van der Waals surface area contributed by atoms with Gasteiger partial charge in [0, 0.05) is 38.4 Å². The lowest BCUT2D eigenvalue weighted by molar-refractivity contribution is -0.134. The SMILES string of the molecule is CC1CCCN(CC(=O)N2CCN(C(=O)Nc3ccccc3)CC2)C1. The molecule has 0 bridgehead atoms. The van der Waals surface area contributed by atoms with Gasteiger partial charge in [-0.1, -0.05) is 25.1 Å². The van der Waals surface area contributed by atoms with Gasteiger partial charge < -0.3 is 15.1 Å². The van der Waals surface area contributed by atoms with Gasteiger partial charge in [-0.05, 0) is 37.4 Å². The summed E-state index contributed by atoms with van der Waals surface area (Å²) in [5.41, 5.74) is 0.797. The molecule has 2 saturated heterocycles. The molecule has 1 aromatic rings. The van der Waals surface area contributed by atoms with Gasteiger partial charge in [-0.25, -0.2) is 4.79 Å². The van der Waals surface area contributed by atoms with Crippen molar-refractivity contribution in [3.05, 3.63) is 30.3 Å². The third-order valence-electron chi connectivity index (χ3n) is 5.04. The fraction of sp³-hybridized carbons (Fsp3) is 0.579. The summed E-state index contributed by atoms with van der Waals surface area (Å²) in [5.74, 6) is 0.872. The smallest absolute Gasteiger partial charge is 0.321 e. The molecule has 25 heavy (non-hydrogen) atoms. The summed E-state index contributed by atoms with van der Waals surface area (Å²) in [7, 11) is 0. The number of likely N-dealkylation sites (tertiary alicyclic amines) is 1. The maximum atomic E-state index is 12.5. The molecule has 0 spiro atoms. The Bertz CT molecular complexity index is 584. The Hall–Kier alpha value is -2.08. The Morgan fingerprint density at radius 1 is 1.04 bits per heavy atom. The highest BCUT2D eigenvalue weighted by molar-refractivity contribution is 5.89. The zero-order valence-electron chi connectivity index (χ0n) is 15.0. The van der Waals surface area contributed by atoms with E-state index in [2.05, 4.69) is 17.1 Å². The van der Waals surface area contributed by atoms with Crippen LogP contribution in [0.4, 0.5) is 10.5 Å². The van der Waals surface area contributed by atoms with Gasteiger partial charge in [-0.3, -0.25) is 9.69 Å². The fourth-order valence-electron chi connectivity index (χ4n) is 3.60. The molecule has 1 atom stereocenters. The van der Waals surface area contributed by atoms with Crippen LogP contribution in [-0.2, 0) is 4.79 Å². The standard InChI is InChI=1S/C19H28N4O2/c1-16-6-5-9-21(14-16)15-18(24)22-10-12-23(13-11-22)19(25)20-17-7-3-2-4-8-17/h2-4,7-8,16H,5-6,9-15H2,1H3,(H,20,25). The van der Waals surface area contributed by atoms with Crippen LogP contribution in [0.5, 0.6) is 0 Å². The number of rotatable bonds is 3. The number of piperazine rings is 1. The van der Waals surface area contributed by atoms with Crippen LogP contribution in [0.25, 0.3) is 0 Å². The molecular weight excluding hydrogens is 316 g/mol. The molecule has 0 aliphatic carbocycles. The van der Waals surface area contributed by atoms with E-state index in [1.165, 1.54) is 12.8 Å². The second-order valence-corrected chi connectivity index (χ2v) is 7.15. The van der Waals surface area contributed by atoms with E-state index in [4.69, 9.17) is 0 Å². The van der Waals surface area contributed by atoms with E-state index in [0.29, 0.717) is 38.6 Å². The second kappa shape index (κ2) is 8.34. The highest BCUT2D eigenvalue weighted by Gasteiger charge is 2.26. The molecule has 2 fully saturated rings. The molecule has 6 heteroatoms. The molecule has 1 N–H and O–H groups in total. The van der Waals surface area contributed by atoms with Gasteiger partial charge >= 0.3 is 6.03 Å². The van der Waals surface area contributed by atoms with Crippen LogP contribution in [0.2, 0.25) is 0 Å². The van der Waals surface area contributed by atoms with Crippen LogP contribution < -0.4 is 5.32 Å². The van der Waals surface area contributed by atoms with Crippen LogP contribution >= 0.6 is 0 Å². The minimum atomic E-state index is -0.0943. The first-order valence-corrected chi connectivity index (χ1v) is 9.23. The van der Waals surface area contributed by atoms with E-state index < -0.39 is 0 Å². The summed E-state index contributed by atoms with van der Waals surface area (Å²) < 4.78 is 0.